The summed E-state index contributed by atoms with van der Waals surface area (Å²) >= 11 is 0. The zero-order valence-electron chi connectivity index (χ0n) is 23.8. The molecule has 4 aliphatic heterocycles. The van der Waals surface area contributed by atoms with Crippen molar-refractivity contribution in [2.24, 2.45) is 11.8 Å². The van der Waals surface area contributed by atoms with E-state index in [0.717, 1.165) is 37.3 Å². The average Bonchev–Trinajstić information content (AvgIpc) is 3.19. The molecule has 2 fully saturated rings. The third-order valence-electron chi connectivity index (χ3n) is 8.91. The third-order valence-corrected chi connectivity index (χ3v) is 8.91. The quantitative estimate of drug-likeness (QED) is 0.271. The van der Waals surface area contributed by atoms with Crippen molar-refractivity contribution in [2.45, 2.75) is 63.7 Å². The second kappa shape index (κ2) is 11.4. The first-order valence-corrected chi connectivity index (χ1v) is 14.6. The summed E-state index contributed by atoms with van der Waals surface area (Å²) in [5.74, 6) is -2.65. The van der Waals surface area contributed by atoms with Crippen molar-refractivity contribution < 1.29 is 29.0 Å². The van der Waals surface area contributed by atoms with Gasteiger partial charge in [0.15, 0.2) is 0 Å². The first-order chi connectivity index (χ1) is 19.3. The number of fused-ring (bicyclic) bond motifs is 2. The van der Waals surface area contributed by atoms with Crippen LogP contribution >= 0.6 is 0 Å². The van der Waals surface area contributed by atoms with Crippen LogP contribution in [0.2, 0.25) is 0 Å². The zero-order valence-corrected chi connectivity index (χ0v) is 23.8. The summed E-state index contributed by atoms with van der Waals surface area (Å²) in [6.45, 7) is 8.77. The predicted octanol–water partition coefficient (Wildman–Crippen LogP) is 3.07. The third kappa shape index (κ3) is 4.63. The van der Waals surface area contributed by atoms with E-state index in [9.17, 15) is 14.4 Å². The molecule has 1 unspecified atom stereocenters. The Morgan fingerprint density at radius 3 is 2.38 bits per heavy atom. The van der Waals surface area contributed by atoms with Crippen LogP contribution in [-0.4, -0.2) is 84.4 Å². The Bertz CT molecular complexity index is 1180. The molecular formula is C31H41N3O6. The second-order valence-corrected chi connectivity index (χ2v) is 11.2. The molecule has 216 valence electrons. The van der Waals surface area contributed by atoms with Crippen LogP contribution in [0.1, 0.15) is 46.5 Å². The highest BCUT2D eigenvalue weighted by Gasteiger charge is 2.74. The van der Waals surface area contributed by atoms with E-state index in [1.165, 1.54) is 0 Å². The van der Waals surface area contributed by atoms with E-state index in [4.69, 9.17) is 14.6 Å². The standard InChI is InChI=1S/C31H41N3O6/c1-4-32(5-2)22-12-14-23(15-13-22)33-19-10-17-31-24(25-29(38)39-21-11-16-30(25,3)40-31)27(36)34(26(31)28(33)37)18-8-6-7-9-20-35/h10-17,24-26,35H,4-9,18-21H2,1-3H3/t24-,25+,26?,30-,31-/m0/s1. The van der Waals surface area contributed by atoms with Crippen LogP contribution in [-0.2, 0) is 23.9 Å². The van der Waals surface area contributed by atoms with E-state index in [1.54, 1.807) is 15.9 Å². The van der Waals surface area contributed by atoms with Crippen LogP contribution in [0.25, 0.3) is 0 Å². The van der Waals surface area contributed by atoms with Gasteiger partial charge in [-0.1, -0.05) is 31.1 Å². The van der Waals surface area contributed by atoms with Gasteiger partial charge in [-0.3, -0.25) is 14.4 Å². The summed E-state index contributed by atoms with van der Waals surface area (Å²) in [5, 5.41) is 9.15. The van der Waals surface area contributed by atoms with Crippen molar-refractivity contribution >= 4 is 29.2 Å². The monoisotopic (exact) mass is 551 g/mol. The highest BCUT2D eigenvalue weighted by atomic mass is 16.6. The van der Waals surface area contributed by atoms with Crippen LogP contribution in [0, 0.1) is 11.8 Å². The molecule has 0 saturated carbocycles. The van der Waals surface area contributed by atoms with Crippen molar-refractivity contribution in [1.29, 1.82) is 0 Å². The maximum absolute atomic E-state index is 14.5. The number of hydrogen-bond acceptors (Lipinski definition) is 7. The second-order valence-electron chi connectivity index (χ2n) is 11.2. The van der Waals surface area contributed by atoms with Gasteiger partial charge in [-0.15, -0.1) is 0 Å². The Kier molecular flexibility index (Phi) is 8.06. The molecule has 1 spiro atoms. The number of aliphatic hydroxyl groups is 1. The number of rotatable bonds is 10. The Labute approximate surface area is 236 Å². The smallest absolute Gasteiger partial charge is 0.313 e. The van der Waals surface area contributed by atoms with Gasteiger partial charge in [-0.25, -0.2) is 0 Å². The molecule has 40 heavy (non-hydrogen) atoms. The minimum atomic E-state index is -1.28. The van der Waals surface area contributed by atoms with Gasteiger partial charge < -0.3 is 29.3 Å². The molecule has 4 aliphatic rings. The van der Waals surface area contributed by atoms with Crippen molar-refractivity contribution in [3.8, 4) is 0 Å². The molecule has 2 saturated heterocycles. The molecule has 1 aromatic carbocycles. The molecule has 9 heteroatoms. The Hall–Kier alpha value is -3.17. The minimum absolute atomic E-state index is 0.130. The molecule has 2 amide bonds. The van der Waals surface area contributed by atoms with Gasteiger partial charge >= 0.3 is 5.97 Å². The first kappa shape index (κ1) is 28.4. The fraction of sp³-hybridized carbons (Fsp3) is 0.581. The largest absolute Gasteiger partial charge is 0.461 e. The summed E-state index contributed by atoms with van der Waals surface area (Å²) in [5.41, 5.74) is -0.514. The Morgan fingerprint density at radius 1 is 0.950 bits per heavy atom. The first-order valence-electron chi connectivity index (χ1n) is 14.6. The van der Waals surface area contributed by atoms with E-state index in [-0.39, 0.29) is 25.0 Å². The van der Waals surface area contributed by atoms with Crippen molar-refractivity contribution in [3.63, 3.8) is 0 Å². The number of esters is 1. The molecule has 0 aromatic heterocycles. The lowest BCUT2D eigenvalue weighted by Gasteiger charge is -2.37. The van der Waals surface area contributed by atoms with Crippen molar-refractivity contribution in [1.82, 2.24) is 4.90 Å². The number of aliphatic hydroxyl groups excluding tert-OH is 1. The van der Waals surface area contributed by atoms with Crippen LogP contribution in [0.5, 0.6) is 0 Å². The molecule has 9 nitrogen and oxygen atoms in total. The molecule has 5 atom stereocenters. The van der Waals surface area contributed by atoms with Crippen molar-refractivity contribution in [2.75, 3.05) is 49.2 Å². The van der Waals surface area contributed by atoms with E-state index in [1.807, 2.05) is 49.4 Å². The fourth-order valence-corrected chi connectivity index (χ4v) is 7.01. The molecule has 0 bridgehead atoms. The Balaban J connectivity index is 1.52. The van der Waals surface area contributed by atoms with Crippen molar-refractivity contribution in [3.05, 3.63) is 48.6 Å². The van der Waals surface area contributed by atoms with Crippen LogP contribution in [0.15, 0.2) is 48.6 Å². The number of carbonyl (C=O) groups is 3. The topological polar surface area (TPSA) is 99.6 Å². The van der Waals surface area contributed by atoms with Gasteiger partial charge in [-0.05, 0) is 64.0 Å². The number of hydrogen-bond donors (Lipinski definition) is 1. The lowest BCUT2D eigenvalue weighted by atomic mass is 9.75. The normalized spacial score (nSPS) is 31.0. The van der Waals surface area contributed by atoms with E-state index < -0.39 is 35.0 Å². The highest BCUT2D eigenvalue weighted by molar-refractivity contribution is 6.05. The number of amides is 2. The van der Waals surface area contributed by atoms with Gasteiger partial charge in [0.1, 0.15) is 24.2 Å². The molecule has 1 aromatic rings. The average molecular weight is 552 g/mol. The van der Waals surface area contributed by atoms with Gasteiger partial charge in [0.25, 0.3) is 5.91 Å². The maximum Gasteiger partial charge on any atom is 0.313 e. The zero-order chi connectivity index (χ0) is 28.5. The lowest BCUT2D eigenvalue weighted by molar-refractivity contribution is -0.156. The summed E-state index contributed by atoms with van der Waals surface area (Å²) < 4.78 is 12.2. The Morgan fingerprint density at radius 2 is 1.68 bits per heavy atom. The van der Waals surface area contributed by atoms with Crippen LogP contribution in [0.4, 0.5) is 11.4 Å². The number of unbranched alkanes of at least 4 members (excludes halogenated alkanes) is 3. The predicted molar refractivity (Wildman–Crippen MR) is 152 cm³/mol. The molecule has 1 N–H and O–H groups in total. The molecule has 4 heterocycles. The SMILES string of the molecule is CCN(CC)c1ccc(N2CC=C[C@]34O[C@@]5(C)C=CCOC(=O)[C@H]5[C@H]3C(=O)N(CCCCCCO)C4C2=O)cc1. The summed E-state index contributed by atoms with van der Waals surface area (Å²) in [4.78, 5) is 47.5. The van der Waals surface area contributed by atoms with Gasteiger partial charge in [0, 0.05) is 44.2 Å². The number of ether oxygens (including phenoxy) is 2. The van der Waals surface area contributed by atoms with E-state index in [2.05, 4.69) is 18.7 Å². The van der Waals surface area contributed by atoms with E-state index >= 15 is 0 Å². The molecule has 0 radical (unpaired) electrons. The minimum Gasteiger partial charge on any atom is -0.461 e. The number of anilines is 2. The number of carbonyl (C=O) groups excluding carboxylic acids is 3. The summed E-state index contributed by atoms with van der Waals surface area (Å²) in [7, 11) is 0. The fourth-order valence-electron chi connectivity index (χ4n) is 7.01. The highest BCUT2D eigenvalue weighted by Crippen LogP contribution is 2.57. The lowest BCUT2D eigenvalue weighted by Crippen LogP contribution is -2.56. The van der Waals surface area contributed by atoms with E-state index in [0.29, 0.717) is 25.9 Å². The number of cyclic esters (lactones) is 1. The molecule has 5 rings (SSSR count). The van der Waals surface area contributed by atoms with Crippen LogP contribution in [0.3, 0.4) is 0 Å². The maximum atomic E-state index is 14.5. The van der Waals surface area contributed by atoms with Crippen LogP contribution < -0.4 is 9.80 Å². The number of nitrogens with zero attached hydrogens (tertiary/aromatic N) is 3. The van der Waals surface area contributed by atoms with Gasteiger partial charge in [0.2, 0.25) is 5.91 Å². The molecular weight excluding hydrogens is 510 g/mol. The number of likely N-dealkylation sites (tertiary alicyclic amines) is 1. The van der Waals surface area contributed by atoms with Gasteiger partial charge in [0.05, 0.1) is 11.5 Å². The number of benzene rings is 1. The summed E-state index contributed by atoms with van der Waals surface area (Å²) in [6, 6.07) is 7.03. The van der Waals surface area contributed by atoms with Gasteiger partial charge in [-0.2, -0.15) is 0 Å². The summed E-state index contributed by atoms with van der Waals surface area (Å²) in [6.07, 6.45) is 10.4. The molecule has 0 aliphatic carbocycles.